The zero-order chi connectivity index (χ0) is 11.5. The Bertz CT molecular complexity index is 342. The fourth-order valence-corrected chi connectivity index (χ4v) is 2.25. The van der Waals surface area contributed by atoms with Gasteiger partial charge >= 0.3 is 0 Å². The third-order valence-electron chi connectivity index (χ3n) is 3.22. The number of nitrogen functional groups attached to an aromatic ring is 2. The Kier molecular flexibility index (Phi) is 3.27. The van der Waals surface area contributed by atoms with Crippen molar-refractivity contribution in [3.8, 4) is 5.75 Å². The highest BCUT2D eigenvalue weighted by Crippen LogP contribution is 2.30. The van der Waals surface area contributed by atoms with E-state index < -0.39 is 0 Å². The van der Waals surface area contributed by atoms with Gasteiger partial charge in [0.15, 0.2) is 0 Å². The Balaban J connectivity index is 1.98. The molecule has 16 heavy (non-hydrogen) atoms. The van der Waals surface area contributed by atoms with Gasteiger partial charge in [0, 0.05) is 23.5 Å². The summed E-state index contributed by atoms with van der Waals surface area (Å²) in [6.07, 6.45) is 5.11. The maximum absolute atomic E-state index is 5.91. The summed E-state index contributed by atoms with van der Waals surface area (Å²) in [5.74, 6) is 1.64. The van der Waals surface area contributed by atoms with Gasteiger partial charge in [-0.25, -0.2) is 0 Å². The first-order valence-corrected chi connectivity index (χ1v) is 5.96. The highest BCUT2D eigenvalue weighted by Gasteiger charge is 2.19. The molecule has 1 aromatic carbocycles. The summed E-state index contributed by atoms with van der Waals surface area (Å²) in [4.78, 5) is 0. The molecule has 3 nitrogen and oxygen atoms in total. The predicted octanol–water partition coefficient (Wildman–Crippen LogP) is 1.59. The molecule has 0 atom stereocenters. The molecule has 0 amide bonds. The monoisotopic (exact) mass is 218 g/mol. The van der Waals surface area contributed by atoms with Gasteiger partial charge in [-0.15, -0.1) is 0 Å². The van der Waals surface area contributed by atoms with E-state index in [2.05, 4.69) is 7.85 Å². The van der Waals surface area contributed by atoms with Crippen molar-refractivity contribution in [2.75, 3.05) is 11.5 Å². The summed E-state index contributed by atoms with van der Waals surface area (Å²) in [6.45, 7) is 0. The van der Waals surface area contributed by atoms with Gasteiger partial charge in [0.05, 0.1) is 6.10 Å². The molecule has 1 aliphatic carbocycles. The first-order valence-electron chi connectivity index (χ1n) is 5.96. The summed E-state index contributed by atoms with van der Waals surface area (Å²) < 4.78 is 5.91. The van der Waals surface area contributed by atoms with E-state index in [0.29, 0.717) is 17.5 Å². The molecule has 0 bridgehead atoms. The SMILES string of the molecule is BC1CCC(Oc2cc(N)cc(N)c2)CC1. The zero-order valence-electron chi connectivity index (χ0n) is 9.78. The van der Waals surface area contributed by atoms with E-state index in [-0.39, 0.29) is 0 Å². The number of hydrogen-bond donors (Lipinski definition) is 2. The van der Waals surface area contributed by atoms with Crippen LogP contribution in [0, 0.1) is 0 Å². The first kappa shape index (κ1) is 11.2. The minimum absolute atomic E-state index is 0.331. The Hall–Kier alpha value is -1.32. The lowest BCUT2D eigenvalue weighted by molar-refractivity contribution is 0.155. The van der Waals surface area contributed by atoms with Crippen LogP contribution in [0.2, 0.25) is 5.82 Å². The van der Waals surface area contributed by atoms with Crippen LogP contribution in [0.15, 0.2) is 18.2 Å². The second kappa shape index (κ2) is 4.68. The van der Waals surface area contributed by atoms with E-state index in [1.54, 1.807) is 6.07 Å². The highest BCUT2D eigenvalue weighted by atomic mass is 16.5. The zero-order valence-corrected chi connectivity index (χ0v) is 9.78. The van der Waals surface area contributed by atoms with Gasteiger partial charge in [-0.2, -0.15) is 0 Å². The van der Waals surface area contributed by atoms with Gasteiger partial charge < -0.3 is 16.2 Å². The molecule has 0 radical (unpaired) electrons. The van der Waals surface area contributed by atoms with Crippen LogP contribution >= 0.6 is 0 Å². The summed E-state index contributed by atoms with van der Waals surface area (Å²) >= 11 is 0. The molecule has 4 N–H and O–H groups in total. The largest absolute Gasteiger partial charge is 0.490 e. The number of benzene rings is 1. The highest BCUT2D eigenvalue weighted by molar-refractivity contribution is 6.11. The van der Waals surface area contributed by atoms with Crippen molar-refractivity contribution >= 4 is 19.2 Å². The van der Waals surface area contributed by atoms with Crippen molar-refractivity contribution < 1.29 is 4.74 Å². The molecule has 86 valence electrons. The maximum Gasteiger partial charge on any atom is 0.123 e. The fraction of sp³-hybridized carbons (Fsp3) is 0.500. The molecule has 0 aromatic heterocycles. The third-order valence-corrected chi connectivity index (χ3v) is 3.22. The molecule has 1 fully saturated rings. The number of hydrogen-bond acceptors (Lipinski definition) is 3. The minimum Gasteiger partial charge on any atom is -0.490 e. The molecule has 0 aliphatic heterocycles. The molecular formula is C12H19BN2O. The smallest absolute Gasteiger partial charge is 0.123 e. The van der Waals surface area contributed by atoms with Crippen molar-refractivity contribution in [3.63, 3.8) is 0 Å². The van der Waals surface area contributed by atoms with Crippen LogP contribution in [0.3, 0.4) is 0 Å². The van der Waals surface area contributed by atoms with Crippen molar-refractivity contribution in [1.82, 2.24) is 0 Å². The predicted molar refractivity (Wildman–Crippen MR) is 70.4 cm³/mol. The van der Waals surface area contributed by atoms with Crippen LogP contribution < -0.4 is 16.2 Å². The van der Waals surface area contributed by atoms with Crippen LogP contribution in [0.4, 0.5) is 11.4 Å². The van der Waals surface area contributed by atoms with Gasteiger partial charge in [-0.3, -0.25) is 0 Å². The standard InChI is InChI=1S/C12H19BN2O/c13-8-1-3-11(4-2-8)16-12-6-9(14)5-10(15)7-12/h5-8,11H,1-4,13-15H2. The fourth-order valence-electron chi connectivity index (χ4n) is 2.25. The summed E-state index contributed by atoms with van der Waals surface area (Å²) in [5.41, 5.74) is 12.8. The molecule has 4 heteroatoms. The molecule has 1 saturated carbocycles. The van der Waals surface area contributed by atoms with Gasteiger partial charge in [0.1, 0.15) is 13.6 Å². The molecular weight excluding hydrogens is 199 g/mol. The van der Waals surface area contributed by atoms with Crippen LogP contribution in [-0.4, -0.2) is 14.0 Å². The van der Waals surface area contributed by atoms with E-state index >= 15 is 0 Å². The lowest BCUT2D eigenvalue weighted by atomic mass is 9.75. The number of anilines is 2. The van der Waals surface area contributed by atoms with Crippen LogP contribution in [0.25, 0.3) is 0 Å². The lowest BCUT2D eigenvalue weighted by Crippen LogP contribution is -2.22. The molecule has 2 rings (SSSR count). The molecule has 0 heterocycles. The Labute approximate surface area is 97.6 Å². The van der Waals surface area contributed by atoms with Crippen LogP contribution in [0.5, 0.6) is 5.75 Å². The van der Waals surface area contributed by atoms with Crippen molar-refractivity contribution in [2.24, 2.45) is 0 Å². The Morgan fingerprint density at radius 1 is 1.00 bits per heavy atom. The lowest BCUT2D eigenvalue weighted by Gasteiger charge is -2.27. The van der Waals surface area contributed by atoms with Crippen molar-refractivity contribution in [3.05, 3.63) is 18.2 Å². The maximum atomic E-state index is 5.91. The van der Waals surface area contributed by atoms with E-state index in [0.717, 1.165) is 24.4 Å². The van der Waals surface area contributed by atoms with Crippen LogP contribution in [0.1, 0.15) is 25.7 Å². The van der Waals surface area contributed by atoms with Crippen molar-refractivity contribution in [1.29, 1.82) is 0 Å². The number of ether oxygens (including phenoxy) is 1. The molecule has 0 spiro atoms. The minimum atomic E-state index is 0.331. The molecule has 0 saturated heterocycles. The van der Waals surface area contributed by atoms with Gasteiger partial charge in [-0.1, -0.05) is 18.7 Å². The van der Waals surface area contributed by atoms with Gasteiger partial charge in [0.25, 0.3) is 0 Å². The second-order valence-corrected chi connectivity index (χ2v) is 4.84. The van der Waals surface area contributed by atoms with Gasteiger partial charge in [-0.05, 0) is 18.9 Å². The van der Waals surface area contributed by atoms with E-state index in [1.165, 1.54) is 12.8 Å². The normalized spacial score (nSPS) is 25.2. The van der Waals surface area contributed by atoms with E-state index in [1.807, 2.05) is 12.1 Å². The first-order chi connectivity index (χ1) is 7.63. The van der Waals surface area contributed by atoms with E-state index in [9.17, 15) is 0 Å². The second-order valence-electron chi connectivity index (χ2n) is 4.84. The Morgan fingerprint density at radius 2 is 1.56 bits per heavy atom. The topological polar surface area (TPSA) is 61.3 Å². The average molecular weight is 218 g/mol. The van der Waals surface area contributed by atoms with Crippen molar-refractivity contribution in [2.45, 2.75) is 37.6 Å². The Morgan fingerprint density at radius 3 is 2.12 bits per heavy atom. The average Bonchev–Trinajstić information content (AvgIpc) is 2.20. The third kappa shape index (κ3) is 2.84. The molecule has 0 unspecified atom stereocenters. The van der Waals surface area contributed by atoms with Gasteiger partial charge in [0.2, 0.25) is 0 Å². The van der Waals surface area contributed by atoms with Crippen LogP contribution in [-0.2, 0) is 0 Å². The summed E-state index contributed by atoms with van der Waals surface area (Å²) in [5, 5.41) is 0. The molecule has 1 aliphatic rings. The summed E-state index contributed by atoms with van der Waals surface area (Å²) in [6, 6.07) is 5.43. The number of nitrogens with two attached hydrogens (primary N) is 2. The number of rotatable bonds is 2. The molecule has 1 aromatic rings. The van der Waals surface area contributed by atoms with E-state index in [4.69, 9.17) is 16.2 Å². The summed E-state index contributed by atoms with van der Waals surface area (Å²) in [7, 11) is 2.30. The quantitative estimate of drug-likeness (QED) is 0.585.